The zero-order chi connectivity index (χ0) is 18.1. The van der Waals surface area contributed by atoms with Crippen LogP contribution in [0.2, 0.25) is 0 Å². The van der Waals surface area contributed by atoms with Crippen molar-refractivity contribution >= 4 is 11.6 Å². The Morgan fingerprint density at radius 3 is 2.88 bits per heavy atom. The Kier molecular flexibility index (Phi) is 4.46. The number of hydrogen-bond donors (Lipinski definition) is 0. The van der Waals surface area contributed by atoms with Crippen molar-refractivity contribution in [2.45, 2.75) is 45.1 Å². The molecule has 1 aliphatic heterocycles. The minimum Gasteiger partial charge on any atom is -0.355 e. The molecule has 134 valence electrons. The van der Waals surface area contributed by atoms with Crippen LogP contribution in [0.4, 0.5) is 11.6 Å². The summed E-state index contributed by atoms with van der Waals surface area (Å²) < 4.78 is 0. The molecule has 4 rings (SSSR count). The van der Waals surface area contributed by atoms with Gasteiger partial charge in [-0.25, -0.2) is 15.0 Å². The number of fused-ring (bicyclic) bond motifs is 1. The number of rotatable bonds is 3. The molecule has 0 N–H and O–H groups in total. The maximum atomic E-state index is 9.62. The lowest BCUT2D eigenvalue weighted by atomic mass is 9.95. The van der Waals surface area contributed by atoms with E-state index in [-0.39, 0.29) is 0 Å². The summed E-state index contributed by atoms with van der Waals surface area (Å²) in [7, 11) is 2.08. The standard InChI is InChI=1S/C20H24N6/c1-14-9-19(23-13-22-14)25(2)17-7-8-26(12-17)20-16(11-21)10-15-5-3-4-6-18(15)24-20/h9-10,13,17H,3-8,12H2,1-2H3. The fourth-order valence-electron chi connectivity index (χ4n) is 4.02. The Morgan fingerprint density at radius 2 is 2.08 bits per heavy atom. The van der Waals surface area contributed by atoms with E-state index in [2.05, 4.69) is 39.0 Å². The largest absolute Gasteiger partial charge is 0.355 e. The van der Waals surface area contributed by atoms with Gasteiger partial charge < -0.3 is 9.80 Å². The molecule has 0 radical (unpaired) electrons. The second kappa shape index (κ2) is 6.91. The molecule has 3 heterocycles. The molecule has 2 aliphatic rings. The highest BCUT2D eigenvalue weighted by molar-refractivity contribution is 5.58. The van der Waals surface area contributed by atoms with Crippen molar-refractivity contribution < 1.29 is 0 Å². The van der Waals surface area contributed by atoms with E-state index < -0.39 is 0 Å². The van der Waals surface area contributed by atoms with Crippen LogP contribution < -0.4 is 9.80 Å². The minimum atomic E-state index is 0.355. The molecule has 0 spiro atoms. The van der Waals surface area contributed by atoms with Gasteiger partial charge in [-0.05, 0) is 50.7 Å². The van der Waals surface area contributed by atoms with Crippen molar-refractivity contribution in [1.29, 1.82) is 5.26 Å². The van der Waals surface area contributed by atoms with Crippen LogP contribution in [0.1, 0.15) is 41.8 Å². The van der Waals surface area contributed by atoms with Gasteiger partial charge >= 0.3 is 0 Å². The maximum absolute atomic E-state index is 9.62. The maximum Gasteiger partial charge on any atom is 0.146 e. The molecule has 1 atom stereocenters. The molecule has 0 aromatic carbocycles. The second-order valence-corrected chi connectivity index (χ2v) is 7.30. The van der Waals surface area contributed by atoms with Crippen LogP contribution in [-0.4, -0.2) is 41.1 Å². The molecule has 1 saturated heterocycles. The van der Waals surface area contributed by atoms with Gasteiger partial charge in [0, 0.05) is 43.6 Å². The number of hydrogen-bond acceptors (Lipinski definition) is 6. The molecule has 26 heavy (non-hydrogen) atoms. The lowest BCUT2D eigenvalue weighted by Crippen LogP contribution is -2.35. The average Bonchev–Trinajstić information content (AvgIpc) is 3.16. The van der Waals surface area contributed by atoms with E-state index in [1.807, 2.05) is 13.0 Å². The average molecular weight is 348 g/mol. The van der Waals surface area contributed by atoms with Crippen LogP contribution in [0.5, 0.6) is 0 Å². The predicted octanol–water partition coefficient (Wildman–Crippen LogP) is 2.65. The summed E-state index contributed by atoms with van der Waals surface area (Å²) in [5.74, 6) is 1.81. The van der Waals surface area contributed by atoms with Crippen LogP contribution >= 0.6 is 0 Å². The van der Waals surface area contributed by atoms with Crippen molar-refractivity contribution in [3.8, 4) is 6.07 Å². The molecule has 2 aromatic rings. The Morgan fingerprint density at radius 1 is 1.23 bits per heavy atom. The zero-order valence-electron chi connectivity index (χ0n) is 15.4. The normalized spacial score (nSPS) is 19.1. The number of pyridine rings is 1. The molecule has 0 amide bonds. The quantitative estimate of drug-likeness (QED) is 0.849. The number of aromatic nitrogens is 3. The van der Waals surface area contributed by atoms with Gasteiger partial charge in [-0.3, -0.25) is 0 Å². The minimum absolute atomic E-state index is 0.355. The second-order valence-electron chi connectivity index (χ2n) is 7.30. The summed E-state index contributed by atoms with van der Waals surface area (Å²) in [5, 5.41) is 9.62. The van der Waals surface area contributed by atoms with Gasteiger partial charge in [0.15, 0.2) is 0 Å². The molecular formula is C20H24N6. The van der Waals surface area contributed by atoms with Gasteiger partial charge in [-0.15, -0.1) is 0 Å². The Balaban J connectivity index is 1.56. The highest BCUT2D eigenvalue weighted by Gasteiger charge is 2.29. The molecule has 6 nitrogen and oxygen atoms in total. The number of aryl methyl sites for hydroxylation is 3. The van der Waals surface area contributed by atoms with Gasteiger partial charge in [-0.1, -0.05) is 0 Å². The third-order valence-corrected chi connectivity index (χ3v) is 5.56. The summed E-state index contributed by atoms with van der Waals surface area (Å²) >= 11 is 0. The summed E-state index contributed by atoms with van der Waals surface area (Å²) in [6.45, 7) is 3.76. The molecule has 6 heteroatoms. The van der Waals surface area contributed by atoms with E-state index >= 15 is 0 Å². The van der Waals surface area contributed by atoms with Crippen LogP contribution in [0, 0.1) is 18.3 Å². The molecule has 2 aromatic heterocycles. The Bertz CT molecular complexity index is 856. The predicted molar refractivity (Wildman–Crippen MR) is 101 cm³/mol. The molecule has 1 fully saturated rings. The third kappa shape index (κ3) is 3.10. The SMILES string of the molecule is Cc1cc(N(C)C2CCN(c3nc4c(cc3C#N)CCCC4)C2)ncn1. The van der Waals surface area contributed by atoms with Crippen LogP contribution in [0.15, 0.2) is 18.5 Å². The van der Waals surface area contributed by atoms with E-state index in [1.165, 1.54) is 24.1 Å². The third-order valence-electron chi connectivity index (χ3n) is 5.56. The monoisotopic (exact) mass is 348 g/mol. The summed E-state index contributed by atoms with van der Waals surface area (Å²) in [6, 6.07) is 6.81. The molecule has 1 unspecified atom stereocenters. The van der Waals surface area contributed by atoms with Gasteiger partial charge in [0.25, 0.3) is 0 Å². The molecule has 1 aliphatic carbocycles. The first-order valence-electron chi connectivity index (χ1n) is 9.35. The Hall–Kier alpha value is -2.68. The number of nitrogens with zero attached hydrogens (tertiary/aromatic N) is 6. The first-order valence-corrected chi connectivity index (χ1v) is 9.35. The van der Waals surface area contributed by atoms with Crippen molar-refractivity contribution in [3.63, 3.8) is 0 Å². The Labute approximate surface area is 154 Å². The van der Waals surface area contributed by atoms with Crippen molar-refractivity contribution in [3.05, 3.63) is 41.0 Å². The van der Waals surface area contributed by atoms with E-state index in [4.69, 9.17) is 4.98 Å². The topological polar surface area (TPSA) is 68.9 Å². The highest BCUT2D eigenvalue weighted by Crippen LogP contribution is 2.30. The van der Waals surface area contributed by atoms with Crippen LogP contribution in [0.25, 0.3) is 0 Å². The summed E-state index contributed by atoms with van der Waals surface area (Å²) in [5.41, 5.74) is 4.14. The number of anilines is 2. The first kappa shape index (κ1) is 16.8. The molecule has 0 saturated carbocycles. The summed E-state index contributed by atoms with van der Waals surface area (Å²) in [6.07, 6.45) is 7.13. The van der Waals surface area contributed by atoms with Gasteiger partial charge in [0.2, 0.25) is 0 Å². The smallest absolute Gasteiger partial charge is 0.146 e. The molecular weight excluding hydrogens is 324 g/mol. The molecule has 0 bridgehead atoms. The van der Waals surface area contributed by atoms with Gasteiger partial charge in [-0.2, -0.15) is 5.26 Å². The highest BCUT2D eigenvalue weighted by atomic mass is 15.3. The zero-order valence-corrected chi connectivity index (χ0v) is 15.4. The fourth-order valence-corrected chi connectivity index (χ4v) is 4.02. The first-order chi connectivity index (χ1) is 12.7. The van der Waals surface area contributed by atoms with Crippen molar-refractivity contribution in [1.82, 2.24) is 15.0 Å². The van der Waals surface area contributed by atoms with E-state index in [0.29, 0.717) is 11.6 Å². The van der Waals surface area contributed by atoms with E-state index in [9.17, 15) is 5.26 Å². The lowest BCUT2D eigenvalue weighted by molar-refractivity contribution is 0.664. The van der Waals surface area contributed by atoms with Crippen LogP contribution in [0.3, 0.4) is 0 Å². The van der Waals surface area contributed by atoms with Gasteiger partial charge in [0.1, 0.15) is 24.0 Å². The fraction of sp³-hybridized carbons (Fsp3) is 0.500. The number of nitriles is 1. The van der Waals surface area contributed by atoms with Gasteiger partial charge in [0.05, 0.1) is 5.56 Å². The van der Waals surface area contributed by atoms with E-state index in [0.717, 1.165) is 49.7 Å². The lowest BCUT2D eigenvalue weighted by Gasteiger charge is -2.27. The summed E-state index contributed by atoms with van der Waals surface area (Å²) in [4.78, 5) is 18.0. The number of likely N-dealkylation sites (N-methyl/N-ethyl adjacent to an activating group) is 1. The van der Waals surface area contributed by atoms with Crippen LogP contribution in [-0.2, 0) is 12.8 Å². The van der Waals surface area contributed by atoms with Crippen molar-refractivity contribution in [2.75, 3.05) is 29.9 Å². The van der Waals surface area contributed by atoms with E-state index in [1.54, 1.807) is 6.33 Å². The van der Waals surface area contributed by atoms with Crippen molar-refractivity contribution in [2.24, 2.45) is 0 Å².